The number of halogens is 1. The van der Waals surface area contributed by atoms with Crippen LogP contribution in [-0.2, 0) is 6.42 Å². The maximum absolute atomic E-state index is 3.55. The molecule has 3 heteroatoms. The Balaban J connectivity index is 1.93. The maximum Gasteiger partial charge on any atom is 0.0285 e. The summed E-state index contributed by atoms with van der Waals surface area (Å²) in [5.74, 6) is 0.851. The molecule has 0 aliphatic heterocycles. The van der Waals surface area contributed by atoms with Crippen molar-refractivity contribution in [3.05, 3.63) is 20.8 Å². The molecular weight excluding hydrogens is 306 g/mol. The highest BCUT2D eigenvalue weighted by Crippen LogP contribution is 2.39. The monoisotopic (exact) mass is 329 g/mol. The third-order valence-electron chi connectivity index (χ3n) is 4.37. The molecule has 2 rings (SSSR count). The average Bonchev–Trinajstić information content (AvgIpc) is 2.72. The summed E-state index contributed by atoms with van der Waals surface area (Å²) in [5, 5.41) is 5.73. The Bertz CT molecular complexity index is 376. The van der Waals surface area contributed by atoms with Crippen LogP contribution in [0.3, 0.4) is 0 Å². The van der Waals surface area contributed by atoms with Crippen molar-refractivity contribution in [2.75, 3.05) is 7.05 Å². The minimum atomic E-state index is 0.570. The molecule has 102 valence electrons. The summed E-state index contributed by atoms with van der Waals surface area (Å²) in [7, 11) is 2.12. The third-order valence-corrected chi connectivity index (χ3v) is 6.09. The summed E-state index contributed by atoms with van der Waals surface area (Å²) in [6, 6.07) is 2.91. The van der Waals surface area contributed by atoms with E-state index in [2.05, 4.69) is 53.6 Å². The number of hydrogen-bond acceptors (Lipinski definition) is 2. The number of nitrogens with one attached hydrogen (secondary N) is 1. The van der Waals surface area contributed by atoms with Gasteiger partial charge in [-0.1, -0.05) is 13.8 Å². The molecule has 0 bridgehead atoms. The van der Waals surface area contributed by atoms with Gasteiger partial charge in [-0.2, -0.15) is 0 Å². The lowest BCUT2D eigenvalue weighted by atomic mass is 9.70. The van der Waals surface area contributed by atoms with Crippen molar-refractivity contribution in [1.82, 2.24) is 5.32 Å². The summed E-state index contributed by atoms with van der Waals surface area (Å²) < 4.78 is 1.22. The van der Waals surface area contributed by atoms with E-state index in [9.17, 15) is 0 Å². The quantitative estimate of drug-likeness (QED) is 0.831. The first-order valence-electron chi connectivity index (χ1n) is 6.90. The highest BCUT2D eigenvalue weighted by atomic mass is 79.9. The zero-order chi connectivity index (χ0) is 13.2. The molecule has 1 fully saturated rings. The largest absolute Gasteiger partial charge is 0.316 e. The molecule has 1 N–H and O–H groups in total. The molecule has 1 heterocycles. The molecule has 0 aromatic carbocycles. The lowest BCUT2D eigenvalue weighted by Crippen LogP contribution is -2.38. The van der Waals surface area contributed by atoms with Gasteiger partial charge in [0.1, 0.15) is 0 Å². The molecule has 1 aliphatic carbocycles. The Morgan fingerprint density at radius 3 is 2.61 bits per heavy atom. The van der Waals surface area contributed by atoms with Crippen LogP contribution in [0.5, 0.6) is 0 Å². The number of likely N-dealkylation sites (N-methyl/N-ethyl adjacent to an activating group) is 1. The minimum absolute atomic E-state index is 0.570. The second-order valence-electron chi connectivity index (χ2n) is 6.33. The Morgan fingerprint density at radius 1 is 1.44 bits per heavy atom. The normalized spacial score (nSPS) is 22.0. The van der Waals surface area contributed by atoms with Gasteiger partial charge in [-0.3, -0.25) is 0 Å². The van der Waals surface area contributed by atoms with Crippen LogP contribution in [0.25, 0.3) is 0 Å². The van der Waals surface area contributed by atoms with Crippen LogP contribution < -0.4 is 5.32 Å². The Hall–Kier alpha value is 0.140. The summed E-state index contributed by atoms with van der Waals surface area (Å²) in [6.45, 7) is 4.82. The molecule has 0 saturated heterocycles. The summed E-state index contributed by atoms with van der Waals surface area (Å²) in [6.07, 6.45) is 6.70. The number of hydrogen-bond donors (Lipinski definition) is 1. The van der Waals surface area contributed by atoms with Gasteiger partial charge in [-0.25, -0.2) is 0 Å². The van der Waals surface area contributed by atoms with Crippen molar-refractivity contribution in [1.29, 1.82) is 0 Å². The highest BCUT2D eigenvalue weighted by molar-refractivity contribution is 9.10. The Labute approximate surface area is 123 Å². The van der Waals surface area contributed by atoms with Crippen LogP contribution in [0, 0.1) is 11.3 Å². The van der Waals surface area contributed by atoms with Crippen molar-refractivity contribution >= 4 is 27.3 Å². The van der Waals surface area contributed by atoms with Gasteiger partial charge in [0.25, 0.3) is 0 Å². The zero-order valence-corrected chi connectivity index (χ0v) is 14.0. The SMILES string of the molecule is CNC(Cc1cc(Br)cs1)C1CCC(C)(C)CC1. The highest BCUT2D eigenvalue weighted by Gasteiger charge is 2.30. The first-order valence-corrected chi connectivity index (χ1v) is 8.57. The predicted molar refractivity (Wildman–Crippen MR) is 84.3 cm³/mol. The molecule has 1 aromatic heterocycles. The van der Waals surface area contributed by atoms with Crippen LogP contribution in [0.4, 0.5) is 0 Å². The maximum atomic E-state index is 3.55. The fourth-order valence-corrected chi connectivity index (χ4v) is 4.52. The molecule has 18 heavy (non-hydrogen) atoms. The van der Waals surface area contributed by atoms with Gasteiger partial charge in [0.15, 0.2) is 0 Å². The molecule has 1 saturated carbocycles. The minimum Gasteiger partial charge on any atom is -0.316 e. The number of rotatable bonds is 4. The van der Waals surface area contributed by atoms with E-state index in [0.717, 1.165) is 5.92 Å². The fraction of sp³-hybridized carbons (Fsp3) is 0.733. The van der Waals surface area contributed by atoms with Crippen molar-refractivity contribution in [3.8, 4) is 0 Å². The molecule has 0 amide bonds. The first-order chi connectivity index (χ1) is 8.50. The molecule has 0 spiro atoms. The van der Waals surface area contributed by atoms with Crippen LogP contribution in [-0.4, -0.2) is 13.1 Å². The van der Waals surface area contributed by atoms with E-state index in [1.54, 1.807) is 0 Å². The second kappa shape index (κ2) is 6.06. The summed E-state index contributed by atoms with van der Waals surface area (Å²) in [5.41, 5.74) is 0.570. The van der Waals surface area contributed by atoms with Gasteiger partial charge in [-0.15, -0.1) is 11.3 Å². The van der Waals surface area contributed by atoms with Crippen LogP contribution in [0.1, 0.15) is 44.4 Å². The van der Waals surface area contributed by atoms with E-state index in [0.29, 0.717) is 11.5 Å². The van der Waals surface area contributed by atoms with E-state index < -0.39 is 0 Å². The first kappa shape index (κ1) is 14.5. The Morgan fingerprint density at radius 2 is 2.11 bits per heavy atom. The van der Waals surface area contributed by atoms with Crippen molar-refractivity contribution < 1.29 is 0 Å². The van der Waals surface area contributed by atoms with Crippen LogP contribution in [0.2, 0.25) is 0 Å². The van der Waals surface area contributed by atoms with E-state index >= 15 is 0 Å². The third kappa shape index (κ3) is 3.82. The summed E-state index contributed by atoms with van der Waals surface area (Å²) >= 11 is 5.42. The average molecular weight is 330 g/mol. The van der Waals surface area contributed by atoms with Crippen molar-refractivity contribution in [2.45, 2.75) is 52.0 Å². The smallest absolute Gasteiger partial charge is 0.0285 e. The zero-order valence-electron chi connectivity index (χ0n) is 11.6. The van der Waals surface area contributed by atoms with E-state index in [-0.39, 0.29) is 0 Å². The Kier molecular flexibility index (Phi) is 4.90. The molecule has 1 atom stereocenters. The van der Waals surface area contributed by atoms with Crippen molar-refractivity contribution in [2.24, 2.45) is 11.3 Å². The molecule has 1 aliphatic rings. The van der Waals surface area contributed by atoms with Gasteiger partial charge in [0, 0.05) is 20.8 Å². The van der Waals surface area contributed by atoms with Gasteiger partial charge >= 0.3 is 0 Å². The van der Waals surface area contributed by atoms with Gasteiger partial charge < -0.3 is 5.32 Å². The standard InChI is InChI=1S/C15H24BrNS/c1-15(2)6-4-11(5-7-15)14(17-3)9-13-8-12(16)10-18-13/h8,10-11,14,17H,4-7,9H2,1-3H3. The van der Waals surface area contributed by atoms with Crippen molar-refractivity contribution in [3.63, 3.8) is 0 Å². The lowest BCUT2D eigenvalue weighted by Gasteiger charge is -2.38. The van der Waals surface area contributed by atoms with E-state index in [4.69, 9.17) is 0 Å². The van der Waals surface area contributed by atoms with Gasteiger partial charge in [0.2, 0.25) is 0 Å². The molecule has 1 unspecified atom stereocenters. The molecular formula is C15H24BrNS. The van der Waals surface area contributed by atoms with Gasteiger partial charge in [0.05, 0.1) is 0 Å². The fourth-order valence-electron chi connectivity index (χ4n) is 3.01. The topological polar surface area (TPSA) is 12.0 Å². The van der Waals surface area contributed by atoms with E-state index in [1.807, 2.05) is 11.3 Å². The molecule has 1 nitrogen and oxygen atoms in total. The predicted octanol–water partition coefficient (Wildman–Crippen LogP) is 4.86. The lowest BCUT2D eigenvalue weighted by molar-refractivity contribution is 0.164. The van der Waals surface area contributed by atoms with E-state index in [1.165, 1.54) is 41.5 Å². The summed E-state index contributed by atoms with van der Waals surface area (Å²) in [4.78, 5) is 1.49. The second-order valence-corrected chi connectivity index (χ2v) is 8.24. The van der Waals surface area contributed by atoms with Crippen LogP contribution >= 0.6 is 27.3 Å². The molecule has 1 aromatic rings. The molecule has 0 radical (unpaired) electrons. The number of thiophene rings is 1. The van der Waals surface area contributed by atoms with Crippen LogP contribution in [0.15, 0.2) is 15.9 Å². The van der Waals surface area contributed by atoms with Gasteiger partial charge in [-0.05, 0) is 72.5 Å².